The van der Waals surface area contributed by atoms with Gasteiger partial charge >= 0.3 is 6.61 Å². The van der Waals surface area contributed by atoms with Gasteiger partial charge in [0.25, 0.3) is 5.91 Å². The van der Waals surface area contributed by atoms with Crippen LogP contribution in [0.25, 0.3) is 0 Å². The molecule has 3 N–H and O–H groups in total. The van der Waals surface area contributed by atoms with E-state index >= 15 is 0 Å². The number of alkyl halides is 2. The van der Waals surface area contributed by atoms with Gasteiger partial charge in [-0.3, -0.25) is 4.79 Å². The van der Waals surface area contributed by atoms with E-state index < -0.39 is 6.61 Å². The van der Waals surface area contributed by atoms with E-state index in [1.54, 1.807) is 6.92 Å². The summed E-state index contributed by atoms with van der Waals surface area (Å²) in [7, 11) is 0. The summed E-state index contributed by atoms with van der Waals surface area (Å²) in [5.74, 6) is -0.0765. The van der Waals surface area contributed by atoms with Crippen LogP contribution in [0.2, 0.25) is 0 Å². The smallest absolute Gasteiger partial charge is 0.387 e. The number of hydrogen-bond donors (Lipinski definition) is 2. The van der Waals surface area contributed by atoms with Crippen molar-refractivity contribution < 1.29 is 18.3 Å². The summed E-state index contributed by atoms with van der Waals surface area (Å²) in [5.41, 5.74) is 5.79. The Balaban J connectivity index is 0.00000264. The van der Waals surface area contributed by atoms with Gasteiger partial charge in [-0.25, -0.2) is 0 Å². The second-order valence-electron chi connectivity index (χ2n) is 5.64. The van der Waals surface area contributed by atoms with Crippen LogP contribution in [0.1, 0.15) is 46.7 Å². The Morgan fingerprint density at radius 3 is 2.65 bits per heavy atom. The third-order valence-corrected chi connectivity index (χ3v) is 5.06. The van der Waals surface area contributed by atoms with Crippen molar-refractivity contribution in [3.63, 3.8) is 0 Å². The molecule has 1 unspecified atom stereocenters. The van der Waals surface area contributed by atoms with E-state index in [-0.39, 0.29) is 35.0 Å². The van der Waals surface area contributed by atoms with Crippen LogP contribution in [0.4, 0.5) is 8.78 Å². The molecule has 1 amide bonds. The van der Waals surface area contributed by atoms with Crippen molar-refractivity contribution in [3.05, 3.63) is 15.8 Å². The minimum absolute atomic E-state index is 0. The molecular weight excluding hydrogens is 346 g/mol. The van der Waals surface area contributed by atoms with Crippen LogP contribution in [0, 0.1) is 12.8 Å². The lowest BCUT2D eigenvalue weighted by molar-refractivity contribution is -0.0498. The number of carbonyl (C=O) groups excluding carboxylic acids is 1. The van der Waals surface area contributed by atoms with Gasteiger partial charge in [0.2, 0.25) is 0 Å². The molecule has 1 aliphatic carbocycles. The van der Waals surface area contributed by atoms with Gasteiger partial charge in [0, 0.05) is 17.5 Å². The minimum Gasteiger partial charge on any atom is -0.433 e. The predicted molar refractivity (Wildman–Crippen MR) is 89.8 cm³/mol. The van der Waals surface area contributed by atoms with Crippen molar-refractivity contribution in [2.75, 3.05) is 6.54 Å². The average Bonchev–Trinajstić information content (AvgIpc) is 2.85. The lowest BCUT2D eigenvalue weighted by atomic mass is 9.84. The monoisotopic (exact) mass is 368 g/mol. The summed E-state index contributed by atoms with van der Waals surface area (Å²) >= 11 is 1.15. The summed E-state index contributed by atoms with van der Waals surface area (Å²) in [6.45, 7) is -0.836. The van der Waals surface area contributed by atoms with Gasteiger partial charge in [-0.15, -0.1) is 23.7 Å². The summed E-state index contributed by atoms with van der Waals surface area (Å²) < 4.78 is 29.3. The molecule has 1 saturated carbocycles. The van der Waals surface area contributed by atoms with Crippen LogP contribution in [-0.2, 0) is 0 Å². The number of amides is 1. The molecule has 1 aromatic heterocycles. The molecule has 23 heavy (non-hydrogen) atoms. The van der Waals surface area contributed by atoms with Crippen molar-refractivity contribution >= 4 is 29.7 Å². The molecule has 4 nitrogen and oxygen atoms in total. The topological polar surface area (TPSA) is 64.3 Å². The summed E-state index contributed by atoms with van der Waals surface area (Å²) in [6.07, 6.45) is 5.61. The Hall–Kier alpha value is -0.920. The Bertz CT molecular complexity index is 508. The summed E-state index contributed by atoms with van der Waals surface area (Å²) in [6, 6.07) is 1.35. The van der Waals surface area contributed by atoms with E-state index in [4.69, 9.17) is 5.73 Å². The van der Waals surface area contributed by atoms with Gasteiger partial charge < -0.3 is 15.8 Å². The Morgan fingerprint density at radius 1 is 1.43 bits per heavy atom. The number of halogens is 3. The van der Waals surface area contributed by atoms with Crippen LogP contribution in [0.3, 0.4) is 0 Å². The molecule has 0 aliphatic heterocycles. The highest BCUT2D eigenvalue weighted by Gasteiger charge is 2.26. The SMILES string of the molecule is Cc1cc(OC(F)F)c(C(=O)NC(CN)C2CCCCC2)s1.Cl. The lowest BCUT2D eigenvalue weighted by Crippen LogP contribution is -2.45. The van der Waals surface area contributed by atoms with Gasteiger partial charge in [0.15, 0.2) is 0 Å². The van der Waals surface area contributed by atoms with Gasteiger partial charge in [0.1, 0.15) is 10.6 Å². The molecule has 8 heteroatoms. The van der Waals surface area contributed by atoms with Crippen LogP contribution in [0.15, 0.2) is 6.07 Å². The van der Waals surface area contributed by atoms with Crippen LogP contribution < -0.4 is 15.8 Å². The highest BCUT2D eigenvalue weighted by molar-refractivity contribution is 7.14. The molecule has 1 aromatic rings. The summed E-state index contributed by atoms with van der Waals surface area (Å²) in [4.78, 5) is 13.3. The first-order chi connectivity index (χ1) is 10.5. The Labute approximate surface area is 145 Å². The van der Waals surface area contributed by atoms with Gasteiger partial charge in [0.05, 0.1) is 0 Å². The highest BCUT2D eigenvalue weighted by atomic mass is 35.5. The number of rotatable bonds is 6. The maximum Gasteiger partial charge on any atom is 0.387 e. The zero-order valence-electron chi connectivity index (χ0n) is 13.0. The molecule has 1 aliphatic rings. The Kier molecular flexibility index (Phi) is 8.22. The van der Waals surface area contributed by atoms with Gasteiger partial charge in [-0.2, -0.15) is 8.78 Å². The molecule has 1 atom stereocenters. The van der Waals surface area contributed by atoms with Crippen molar-refractivity contribution in [1.82, 2.24) is 5.32 Å². The van der Waals surface area contributed by atoms with E-state index in [2.05, 4.69) is 10.1 Å². The van der Waals surface area contributed by atoms with Crippen molar-refractivity contribution in [3.8, 4) is 5.75 Å². The Morgan fingerprint density at radius 2 is 2.09 bits per heavy atom. The number of hydrogen-bond acceptors (Lipinski definition) is 4. The lowest BCUT2D eigenvalue weighted by Gasteiger charge is -2.30. The maximum atomic E-state index is 12.4. The third kappa shape index (κ3) is 5.58. The number of aryl methyl sites for hydroxylation is 1. The molecule has 1 fully saturated rings. The zero-order chi connectivity index (χ0) is 16.1. The maximum absolute atomic E-state index is 12.4. The van der Waals surface area contributed by atoms with E-state index in [1.165, 1.54) is 12.5 Å². The molecule has 0 saturated heterocycles. The van der Waals surface area contributed by atoms with Gasteiger partial charge in [-0.1, -0.05) is 19.3 Å². The molecule has 2 rings (SSSR count). The predicted octanol–water partition coefficient (Wildman–Crippen LogP) is 3.72. The minimum atomic E-state index is -2.94. The average molecular weight is 369 g/mol. The molecule has 1 heterocycles. The van der Waals surface area contributed by atoms with E-state index in [0.29, 0.717) is 12.5 Å². The molecular formula is C15H23ClF2N2O2S. The number of ether oxygens (including phenoxy) is 1. The largest absolute Gasteiger partial charge is 0.433 e. The second-order valence-corrected chi connectivity index (χ2v) is 6.90. The highest BCUT2D eigenvalue weighted by Crippen LogP contribution is 2.31. The van der Waals surface area contributed by atoms with E-state index in [0.717, 1.165) is 41.9 Å². The first kappa shape index (κ1) is 20.1. The first-order valence-corrected chi connectivity index (χ1v) is 8.39. The van der Waals surface area contributed by atoms with Crippen LogP contribution in [0.5, 0.6) is 5.75 Å². The normalized spacial score (nSPS) is 16.7. The molecule has 0 spiro atoms. The zero-order valence-corrected chi connectivity index (χ0v) is 14.7. The quantitative estimate of drug-likeness (QED) is 0.804. The third-order valence-electron chi connectivity index (χ3n) is 4.03. The summed E-state index contributed by atoms with van der Waals surface area (Å²) in [5, 5.41) is 2.90. The van der Waals surface area contributed by atoms with E-state index in [1.807, 2.05) is 0 Å². The fraction of sp³-hybridized carbons (Fsp3) is 0.667. The van der Waals surface area contributed by atoms with Crippen LogP contribution >= 0.6 is 23.7 Å². The molecule has 132 valence electrons. The van der Waals surface area contributed by atoms with Crippen LogP contribution in [-0.4, -0.2) is 25.1 Å². The molecule has 0 radical (unpaired) electrons. The second kappa shape index (κ2) is 9.39. The van der Waals surface area contributed by atoms with Gasteiger partial charge in [-0.05, 0) is 31.7 Å². The molecule has 0 aromatic carbocycles. The standard InChI is InChI=1S/C15H22F2N2O2S.ClH/c1-9-7-12(21-15(16)17)13(22-9)14(20)19-11(8-18)10-5-3-2-4-6-10;/h7,10-11,15H,2-6,8,18H2,1H3,(H,19,20);1H. The fourth-order valence-corrected chi connectivity index (χ4v) is 3.82. The number of carbonyl (C=O) groups is 1. The number of nitrogens with two attached hydrogens (primary N) is 1. The van der Waals surface area contributed by atoms with Crippen molar-refractivity contribution in [2.24, 2.45) is 11.7 Å². The van der Waals surface area contributed by atoms with Crippen molar-refractivity contribution in [2.45, 2.75) is 51.7 Å². The molecule has 0 bridgehead atoms. The fourth-order valence-electron chi connectivity index (χ4n) is 2.97. The number of thiophene rings is 1. The first-order valence-electron chi connectivity index (χ1n) is 7.57. The van der Waals surface area contributed by atoms with Crippen molar-refractivity contribution in [1.29, 1.82) is 0 Å². The van der Waals surface area contributed by atoms with E-state index in [9.17, 15) is 13.6 Å². The number of nitrogens with one attached hydrogen (secondary N) is 1.